The molecule has 1 aromatic carbocycles. The second-order valence-electron chi connectivity index (χ2n) is 2.46. The van der Waals surface area contributed by atoms with Gasteiger partial charge in [-0.1, -0.05) is 18.2 Å². The van der Waals surface area contributed by atoms with Crippen LogP contribution in [0, 0.1) is 0 Å². The van der Waals surface area contributed by atoms with Crippen LogP contribution >= 0.6 is 0 Å². The van der Waals surface area contributed by atoms with Crippen LogP contribution in [0.5, 0.6) is 5.75 Å². The second kappa shape index (κ2) is 9.31. The predicted molar refractivity (Wildman–Crippen MR) is 59.3 cm³/mol. The van der Waals surface area contributed by atoms with E-state index in [1.807, 2.05) is 12.9 Å². The minimum Gasteiger partial charge on any atom is -0.508 e. The molecule has 0 aromatic heterocycles. The SMILES string of the molecule is C=O.O=C(O)CS(=O)(=O)O.Oc1ccccc1. The molecular formula is C9H12O7S. The molecule has 0 atom stereocenters. The minimum absolute atomic E-state index is 0.322. The van der Waals surface area contributed by atoms with Crippen molar-refractivity contribution >= 4 is 22.9 Å². The zero-order valence-corrected chi connectivity index (χ0v) is 9.50. The van der Waals surface area contributed by atoms with Crippen LogP contribution in [0.1, 0.15) is 0 Å². The first-order chi connectivity index (χ1) is 7.81. The van der Waals surface area contributed by atoms with Crippen molar-refractivity contribution in [1.29, 1.82) is 0 Å². The smallest absolute Gasteiger partial charge is 0.321 e. The highest BCUT2D eigenvalue weighted by atomic mass is 32.2. The third-order valence-electron chi connectivity index (χ3n) is 1.06. The predicted octanol–water partition coefficient (Wildman–Crippen LogP) is 0.166. The maximum atomic E-state index is 9.62. The summed E-state index contributed by atoms with van der Waals surface area (Å²) in [6.07, 6.45) is 0. The summed E-state index contributed by atoms with van der Waals surface area (Å²) >= 11 is 0. The lowest BCUT2D eigenvalue weighted by molar-refractivity contribution is -0.134. The summed E-state index contributed by atoms with van der Waals surface area (Å²) in [6.45, 7) is 2.00. The number of hydrogen-bond donors (Lipinski definition) is 3. The Morgan fingerprint density at radius 1 is 1.18 bits per heavy atom. The second-order valence-corrected chi connectivity index (χ2v) is 3.91. The lowest BCUT2D eigenvalue weighted by atomic mass is 10.3. The summed E-state index contributed by atoms with van der Waals surface area (Å²) in [5.74, 6) is -2.47. The van der Waals surface area contributed by atoms with Crippen LogP contribution in [-0.2, 0) is 19.7 Å². The highest BCUT2D eigenvalue weighted by molar-refractivity contribution is 7.86. The summed E-state index contributed by atoms with van der Waals surface area (Å²) < 4.78 is 27.0. The molecule has 0 aliphatic rings. The summed E-state index contributed by atoms with van der Waals surface area (Å²) in [5.41, 5.74) is 0. The molecule has 0 aliphatic heterocycles. The Bertz CT molecular complexity index is 412. The summed E-state index contributed by atoms with van der Waals surface area (Å²) in [5, 5.41) is 16.3. The number of phenols is 1. The number of carboxylic acid groups (broad SMARTS) is 1. The lowest BCUT2D eigenvalue weighted by Gasteiger charge is -1.85. The first-order valence-electron chi connectivity index (χ1n) is 4.01. The van der Waals surface area contributed by atoms with E-state index in [4.69, 9.17) is 19.6 Å². The molecule has 0 saturated heterocycles. The number of para-hydroxylation sites is 1. The van der Waals surface area contributed by atoms with E-state index in [0.717, 1.165) is 0 Å². The van der Waals surface area contributed by atoms with Gasteiger partial charge in [-0.15, -0.1) is 0 Å². The maximum Gasteiger partial charge on any atom is 0.321 e. The molecule has 0 heterocycles. The Balaban J connectivity index is 0. The van der Waals surface area contributed by atoms with E-state index in [1.165, 1.54) is 0 Å². The number of benzene rings is 1. The van der Waals surface area contributed by atoms with Gasteiger partial charge in [0.2, 0.25) is 0 Å². The number of rotatable bonds is 2. The fraction of sp³-hybridized carbons (Fsp3) is 0.111. The lowest BCUT2D eigenvalue weighted by Crippen LogP contribution is -2.13. The fourth-order valence-electron chi connectivity index (χ4n) is 0.584. The Morgan fingerprint density at radius 3 is 1.71 bits per heavy atom. The zero-order chi connectivity index (χ0) is 13.9. The van der Waals surface area contributed by atoms with Gasteiger partial charge in [0.25, 0.3) is 10.1 Å². The molecular weight excluding hydrogens is 252 g/mol. The number of carboxylic acids is 1. The van der Waals surface area contributed by atoms with E-state index >= 15 is 0 Å². The standard InChI is InChI=1S/C6H6O.C2H4O5S.CH2O/c7-6-4-2-1-3-5-6;3-2(4)1-8(5,6)7;1-2/h1-5,7H;1H2,(H,3,4)(H,5,6,7);1H2. The van der Waals surface area contributed by atoms with Crippen molar-refractivity contribution in [3.05, 3.63) is 30.3 Å². The number of carbonyl (C=O) groups excluding carboxylic acids is 1. The van der Waals surface area contributed by atoms with Crippen molar-refractivity contribution in [3.63, 3.8) is 0 Å². The van der Waals surface area contributed by atoms with Gasteiger partial charge in [0, 0.05) is 0 Å². The van der Waals surface area contributed by atoms with Crippen molar-refractivity contribution in [1.82, 2.24) is 0 Å². The van der Waals surface area contributed by atoms with Crippen molar-refractivity contribution in [2.45, 2.75) is 0 Å². The Hall–Kier alpha value is -1.93. The molecule has 3 N–H and O–H groups in total. The molecule has 0 radical (unpaired) electrons. The van der Waals surface area contributed by atoms with Crippen LogP contribution in [0.2, 0.25) is 0 Å². The van der Waals surface area contributed by atoms with E-state index in [1.54, 1.807) is 24.3 Å². The van der Waals surface area contributed by atoms with Crippen LogP contribution in [0.25, 0.3) is 0 Å². The molecule has 96 valence electrons. The molecule has 8 heteroatoms. The van der Waals surface area contributed by atoms with Crippen LogP contribution in [0.4, 0.5) is 0 Å². The molecule has 0 fully saturated rings. The van der Waals surface area contributed by atoms with Gasteiger partial charge >= 0.3 is 5.97 Å². The average molecular weight is 264 g/mol. The average Bonchev–Trinajstić information content (AvgIpc) is 2.19. The molecule has 1 rings (SSSR count). The van der Waals surface area contributed by atoms with Crippen LogP contribution < -0.4 is 0 Å². The molecule has 0 saturated carbocycles. The van der Waals surface area contributed by atoms with Gasteiger partial charge in [-0.3, -0.25) is 9.35 Å². The van der Waals surface area contributed by atoms with Gasteiger partial charge in [0.05, 0.1) is 0 Å². The third kappa shape index (κ3) is 16.7. The largest absolute Gasteiger partial charge is 0.508 e. The van der Waals surface area contributed by atoms with Gasteiger partial charge in [0.15, 0.2) is 5.75 Å². The maximum absolute atomic E-state index is 9.62. The first kappa shape index (κ1) is 17.5. The molecule has 0 unspecified atom stereocenters. The summed E-state index contributed by atoms with van der Waals surface area (Å²) in [4.78, 5) is 17.5. The molecule has 0 bridgehead atoms. The van der Waals surface area contributed by atoms with E-state index < -0.39 is 21.8 Å². The van der Waals surface area contributed by atoms with Gasteiger partial charge in [-0.05, 0) is 12.1 Å². The highest BCUT2D eigenvalue weighted by Crippen LogP contribution is 2.02. The molecule has 0 spiro atoms. The number of phenolic OH excluding ortho intramolecular Hbond substituents is 1. The van der Waals surface area contributed by atoms with Crippen molar-refractivity contribution in [2.24, 2.45) is 0 Å². The fourth-order valence-corrected chi connectivity index (χ4v) is 0.896. The quantitative estimate of drug-likeness (QED) is 0.649. The van der Waals surface area contributed by atoms with Crippen LogP contribution in [-0.4, -0.2) is 41.7 Å². The first-order valence-corrected chi connectivity index (χ1v) is 5.62. The van der Waals surface area contributed by atoms with Gasteiger partial charge < -0.3 is 15.0 Å². The van der Waals surface area contributed by atoms with Gasteiger partial charge in [-0.25, -0.2) is 0 Å². The Morgan fingerprint density at radius 2 is 1.59 bits per heavy atom. The summed E-state index contributed by atoms with van der Waals surface area (Å²) in [7, 11) is -4.32. The molecule has 17 heavy (non-hydrogen) atoms. The van der Waals surface area contributed by atoms with Crippen molar-refractivity contribution in [3.8, 4) is 5.75 Å². The van der Waals surface area contributed by atoms with Crippen molar-refractivity contribution < 1.29 is 32.8 Å². The summed E-state index contributed by atoms with van der Waals surface area (Å²) in [6, 6.07) is 8.71. The van der Waals surface area contributed by atoms with Crippen LogP contribution in [0.15, 0.2) is 30.3 Å². The zero-order valence-electron chi connectivity index (χ0n) is 8.68. The van der Waals surface area contributed by atoms with E-state index in [2.05, 4.69) is 0 Å². The number of aromatic hydroxyl groups is 1. The van der Waals surface area contributed by atoms with E-state index in [9.17, 15) is 13.2 Å². The minimum atomic E-state index is -4.32. The number of aliphatic carboxylic acids is 1. The van der Waals surface area contributed by atoms with E-state index in [0.29, 0.717) is 5.75 Å². The Labute approximate surface area is 98.1 Å². The van der Waals surface area contributed by atoms with Gasteiger partial charge in [-0.2, -0.15) is 8.42 Å². The Kier molecular flexibility index (Phi) is 9.56. The topological polar surface area (TPSA) is 129 Å². The molecule has 7 nitrogen and oxygen atoms in total. The monoisotopic (exact) mass is 264 g/mol. The van der Waals surface area contributed by atoms with Crippen molar-refractivity contribution in [2.75, 3.05) is 5.75 Å². The molecule has 0 aliphatic carbocycles. The molecule has 1 aromatic rings. The van der Waals surface area contributed by atoms with Gasteiger partial charge in [0.1, 0.15) is 12.5 Å². The number of carbonyl (C=O) groups is 2. The van der Waals surface area contributed by atoms with Crippen LogP contribution in [0.3, 0.4) is 0 Å². The third-order valence-corrected chi connectivity index (χ3v) is 1.67. The normalized spacial score (nSPS) is 9.00. The number of hydrogen-bond acceptors (Lipinski definition) is 5. The highest BCUT2D eigenvalue weighted by Gasteiger charge is 2.09. The van der Waals surface area contributed by atoms with E-state index in [-0.39, 0.29) is 0 Å². The molecule has 0 amide bonds.